The molecule has 0 amide bonds. The van der Waals surface area contributed by atoms with E-state index in [-0.39, 0.29) is 37.5 Å². The Morgan fingerprint density at radius 2 is 0.482 bits per heavy atom. The van der Waals surface area contributed by atoms with E-state index in [2.05, 4.69) is 154 Å². The van der Waals surface area contributed by atoms with Gasteiger partial charge in [0, 0.05) is 19.3 Å². The predicted octanol–water partition coefficient (Wildman–Crippen LogP) is 24.1. The molecule has 0 aliphatic rings. The largest absolute Gasteiger partial charge is 0.462 e. The maximum atomic E-state index is 12.8. The van der Waals surface area contributed by atoms with Crippen molar-refractivity contribution < 1.29 is 28.6 Å². The van der Waals surface area contributed by atoms with Gasteiger partial charge in [-0.05, 0) is 109 Å². The highest BCUT2D eigenvalue weighted by molar-refractivity contribution is 5.71. The topological polar surface area (TPSA) is 78.9 Å². The van der Waals surface area contributed by atoms with Gasteiger partial charge in [0.25, 0.3) is 0 Å². The Morgan fingerprint density at radius 3 is 0.771 bits per heavy atom. The summed E-state index contributed by atoms with van der Waals surface area (Å²) >= 11 is 0. The number of unbranched alkanes of at least 4 members (excludes halogenated alkanes) is 29. The average molecular weight is 1150 g/mol. The molecular weight excluding hydrogens is 1020 g/mol. The molecule has 0 fully saturated rings. The fraction of sp³-hybridized carbons (Fsp3) is 0.675. The van der Waals surface area contributed by atoms with E-state index in [1.54, 1.807) is 0 Å². The van der Waals surface area contributed by atoms with Crippen molar-refractivity contribution in [3.8, 4) is 0 Å². The Labute approximate surface area is 513 Å². The van der Waals surface area contributed by atoms with Crippen LogP contribution >= 0.6 is 0 Å². The number of carbonyl (C=O) groups excluding carboxylic acids is 3. The number of carbonyl (C=O) groups is 3. The van der Waals surface area contributed by atoms with Crippen LogP contribution < -0.4 is 0 Å². The molecule has 0 rings (SSSR count). The van der Waals surface area contributed by atoms with Gasteiger partial charge in [-0.3, -0.25) is 14.4 Å². The molecule has 0 aromatic rings. The Balaban J connectivity index is 4.09. The third-order valence-electron chi connectivity index (χ3n) is 14.7. The van der Waals surface area contributed by atoms with E-state index in [0.717, 1.165) is 116 Å². The zero-order valence-corrected chi connectivity index (χ0v) is 54.2. The van der Waals surface area contributed by atoms with E-state index in [1.165, 1.54) is 154 Å². The maximum Gasteiger partial charge on any atom is 0.306 e. The van der Waals surface area contributed by atoms with Crippen molar-refractivity contribution in [1.29, 1.82) is 0 Å². The molecule has 0 heterocycles. The summed E-state index contributed by atoms with van der Waals surface area (Å²) in [6.07, 6.45) is 99.5. The van der Waals surface area contributed by atoms with Crippen LogP contribution in [0.3, 0.4) is 0 Å². The SMILES string of the molecule is CC/C=C\C/C=C\C/C=C\C/C=C\C/C=C\C/C=C\C/C=C\CCCC(=O)OC(COC(=O)CCCCCCCCC)COC(=O)CCCCCCCCCCCCCCCCCCCCCCCC/C=C\C/C=C\C/C=C\C/C=C\CC. The summed E-state index contributed by atoms with van der Waals surface area (Å²) in [6.45, 7) is 6.34. The standard InChI is InChI=1S/C77H128O6/c1-4-7-10-13-16-18-20-22-24-26-28-30-32-33-34-35-36-37-38-39-40-41-42-43-45-46-48-50-52-54-56-58-61-64-67-70-76(79)82-73-74(72-81-75(78)69-66-63-60-15-12-9-6-3)83-77(80)71-68-65-62-59-57-55-53-51-49-47-44-31-29-27-25-23-21-19-17-14-11-8-5-2/h7-8,10-11,16-19,22-25,28-31,47,49,53,55,59,62,74H,4-6,9,12-15,20-21,26-27,32-46,48,50-52,54,56-58,60-61,63-73H2,1-3H3/b10-7-,11-8-,18-16-,19-17-,24-22-,25-23-,30-28-,31-29-,49-47-,55-53-,62-59-. The molecule has 0 saturated heterocycles. The molecule has 0 aromatic carbocycles. The van der Waals surface area contributed by atoms with Crippen LogP contribution in [0.4, 0.5) is 0 Å². The molecule has 0 aliphatic carbocycles. The van der Waals surface area contributed by atoms with E-state index in [1.807, 2.05) is 0 Å². The summed E-state index contributed by atoms with van der Waals surface area (Å²) in [5.41, 5.74) is 0. The first-order valence-electron chi connectivity index (χ1n) is 34.7. The Kier molecular flexibility index (Phi) is 66.3. The molecule has 0 N–H and O–H groups in total. The predicted molar refractivity (Wildman–Crippen MR) is 362 cm³/mol. The first-order chi connectivity index (χ1) is 41.0. The van der Waals surface area contributed by atoms with E-state index in [0.29, 0.717) is 19.3 Å². The van der Waals surface area contributed by atoms with Crippen molar-refractivity contribution in [1.82, 2.24) is 0 Å². The first kappa shape index (κ1) is 78.5. The summed E-state index contributed by atoms with van der Waals surface area (Å²) < 4.78 is 16.8. The molecule has 1 atom stereocenters. The Morgan fingerprint density at radius 1 is 0.253 bits per heavy atom. The Bertz CT molecular complexity index is 1750. The summed E-state index contributed by atoms with van der Waals surface area (Å²) in [7, 11) is 0. The van der Waals surface area contributed by atoms with Crippen LogP contribution in [-0.4, -0.2) is 37.2 Å². The fourth-order valence-corrected chi connectivity index (χ4v) is 9.54. The van der Waals surface area contributed by atoms with E-state index >= 15 is 0 Å². The number of rotatable bonds is 62. The van der Waals surface area contributed by atoms with Crippen LogP contribution in [0.1, 0.15) is 316 Å². The molecule has 0 bridgehead atoms. The molecule has 1 unspecified atom stereocenters. The van der Waals surface area contributed by atoms with Crippen molar-refractivity contribution in [3.63, 3.8) is 0 Å². The number of allylic oxidation sites excluding steroid dienone is 22. The summed E-state index contributed by atoms with van der Waals surface area (Å²) in [6, 6.07) is 0. The zero-order chi connectivity index (χ0) is 59.9. The van der Waals surface area contributed by atoms with Crippen LogP contribution in [0.5, 0.6) is 0 Å². The lowest BCUT2D eigenvalue weighted by Crippen LogP contribution is -2.30. The van der Waals surface area contributed by atoms with Crippen molar-refractivity contribution in [2.45, 2.75) is 322 Å². The summed E-state index contributed by atoms with van der Waals surface area (Å²) in [5, 5.41) is 0. The number of esters is 3. The lowest BCUT2D eigenvalue weighted by atomic mass is 10.0. The number of hydrogen-bond donors (Lipinski definition) is 0. The molecule has 6 nitrogen and oxygen atoms in total. The molecule has 472 valence electrons. The summed E-state index contributed by atoms with van der Waals surface area (Å²) in [4.78, 5) is 38.1. The van der Waals surface area contributed by atoms with E-state index in [4.69, 9.17) is 14.2 Å². The highest BCUT2D eigenvalue weighted by atomic mass is 16.6. The molecule has 6 heteroatoms. The van der Waals surface area contributed by atoms with Crippen molar-refractivity contribution >= 4 is 17.9 Å². The normalized spacial score (nSPS) is 13.0. The van der Waals surface area contributed by atoms with Gasteiger partial charge in [0.2, 0.25) is 0 Å². The lowest BCUT2D eigenvalue weighted by molar-refractivity contribution is -0.167. The van der Waals surface area contributed by atoms with Gasteiger partial charge in [-0.15, -0.1) is 0 Å². The van der Waals surface area contributed by atoms with Crippen LogP contribution in [0, 0.1) is 0 Å². The monoisotopic (exact) mass is 1150 g/mol. The molecule has 0 radical (unpaired) electrons. The number of hydrogen-bond acceptors (Lipinski definition) is 6. The van der Waals surface area contributed by atoms with Gasteiger partial charge < -0.3 is 14.2 Å². The third kappa shape index (κ3) is 68.2. The second-order valence-corrected chi connectivity index (χ2v) is 22.7. The third-order valence-corrected chi connectivity index (χ3v) is 14.7. The molecule has 0 aromatic heterocycles. The second kappa shape index (κ2) is 70.0. The fourth-order valence-electron chi connectivity index (χ4n) is 9.54. The molecular formula is C77H128O6. The van der Waals surface area contributed by atoms with Crippen LogP contribution in [0.2, 0.25) is 0 Å². The molecule has 0 spiro atoms. The van der Waals surface area contributed by atoms with Crippen molar-refractivity contribution in [2.75, 3.05) is 13.2 Å². The smallest absolute Gasteiger partial charge is 0.306 e. The highest BCUT2D eigenvalue weighted by Gasteiger charge is 2.19. The quantitative estimate of drug-likeness (QED) is 0.0261. The van der Waals surface area contributed by atoms with Gasteiger partial charge in [-0.2, -0.15) is 0 Å². The minimum absolute atomic E-state index is 0.100. The van der Waals surface area contributed by atoms with Gasteiger partial charge in [0.05, 0.1) is 0 Å². The molecule has 0 saturated carbocycles. The van der Waals surface area contributed by atoms with Crippen LogP contribution in [0.25, 0.3) is 0 Å². The lowest BCUT2D eigenvalue weighted by Gasteiger charge is -2.18. The average Bonchev–Trinajstić information content (AvgIpc) is 3.50. The van der Waals surface area contributed by atoms with E-state index < -0.39 is 6.10 Å². The Hall–Kier alpha value is -4.45. The number of ether oxygens (including phenoxy) is 3. The molecule has 0 aliphatic heterocycles. The first-order valence-corrected chi connectivity index (χ1v) is 34.7. The van der Waals surface area contributed by atoms with Gasteiger partial charge in [-0.1, -0.05) is 321 Å². The van der Waals surface area contributed by atoms with Gasteiger partial charge in [0.1, 0.15) is 13.2 Å². The minimum atomic E-state index is -0.808. The van der Waals surface area contributed by atoms with Gasteiger partial charge in [-0.25, -0.2) is 0 Å². The van der Waals surface area contributed by atoms with Crippen molar-refractivity contribution in [3.05, 3.63) is 134 Å². The van der Waals surface area contributed by atoms with E-state index in [9.17, 15) is 14.4 Å². The van der Waals surface area contributed by atoms with Crippen LogP contribution in [-0.2, 0) is 28.6 Å². The van der Waals surface area contributed by atoms with Gasteiger partial charge >= 0.3 is 17.9 Å². The highest BCUT2D eigenvalue weighted by Crippen LogP contribution is 2.17. The van der Waals surface area contributed by atoms with Crippen LogP contribution in [0.15, 0.2) is 134 Å². The summed E-state index contributed by atoms with van der Waals surface area (Å²) in [5.74, 6) is -0.960. The second-order valence-electron chi connectivity index (χ2n) is 22.7. The van der Waals surface area contributed by atoms with Crippen molar-refractivity contribution in [2.24, 2.45) is 0 Å². The maximum absolute atomic E-state index is 12.8. The molecule has 83 heavy (non-hydrogen) atoms. The minimum Gasteiger partial charge on any atom is -0.462 e. The zero-order valence-electron chi connectivity index (χ0n) is 54.2. The van der Waals surface area contributed by atoms with Gasteiger partial charge in [0.15, 0.2) is 6.10 Å².